The topological polar surface area (TPSA) is 115 Å². The van der Waals surface area contributed by atoms with E-state index in [1.165, 1.54) is 44.2 Å². The average molecular weight is 670 g/mol. The molecule has 49 heavy (non-hydrogen) atoms. The molecule has 4 atom stereocenters. The number of nitrogens with zero attached hydrogens (tertiary/aromatic N) is 2. The molecule has 7 nitrogen and oxygen atoms in total. The molecule has 0 bridgehead atoms. The molecule has 2 aromatic carbocycles. The normalized spacial score (nSPS) is 16.9. The van der Waals surface area contributed by atoms with Gasteiger partial charge in [0.25, 0.3) is 0 Å². The molecule has 0 saturated carbocycles. The minimum atomic E-state index is -0.289. The summed E-state index contributed by atoms with van der Waals surface area (Å²) in [7, 11) is 0. The van der Waals surface area contributed by atoms with E-state index in [0.717, 1.165) is 25.2 Å². The second-order valence-electron chi connectivity index (χ2n) is 14.7. The lowest BCUT2D eigenvalue weighted by Crippen LogP contribution is -2.23. The van der Waals surface area contributed by atoms with Gasteiger partial charge < -0.3 is 14.9 Å². The molecule has 3 N–H and O–H groups in total. The van der Waals surface area contributed by atoms with Gasteiger partial charge in [-0.05, 0) is 66.7 Å². The van der Waals surface area contributed by atoms with Crippen LogP contribution in [-0.2, 0) is 9.53 Å². The van der Waals surface area contributed by atoms with E-state index < -0.39 is 0 Å². The van der Waals surface area contributed by atoms with Crippen LogP contribution in [0.3, 0.4) is 0 Å². The Kier molecular flexibility index (Phi) is 16.5. The number of phenolic OH excluding ortho intramolecular Hbond substituents is 2. The molecule has 0 aliphatic heterocycles. The van der Waals surface area contributed by atoms with E-state index in [2.05, 4.69) is 51.5 Å². The molecule has 0 spiro atoms. The molecule has 266 valence electrons. The van der Waals surface area contributed by atoms with Crippen molar-refractivity contribution in [3.05, 3.63) is 83.5 Å². The number of aliphatic imine (C=N–C) groups is 2. The Morgan fingerprint density at radius 1 is 0.857 bits per heavy atom. The van der Waals surface area contributed by atoms with Crippen molar-refractivity contribution in [3.63, 3.8) is 0 Å². The summed E-state index contributed by atoms with van der Waals surface area (Å²) in [5, 5.41) is 29.3. The number of para-hydroxylation sites is 2. The minimum absolute atomic E-state index is 0.0234. The third-order valence-corrected chi connectivity index (χ3v) is 9.47. The zero-order chi connectivity index (χ0) is 35.8. The minimum Gasteiger partial charge on any atom is -0.507 e. The smallest absolute Gasteiger partial charge is 0.334 e. The highest BCUT2D eigenvalue weighted by Gasteiger charge is 2.23. The maximum atomic E-state index is 13.4. The first-order chi connectivity index (χ1) is 23.4. The maximum absolute atomic E-state index is 13.4. The summed E-state index contributed by atoms with van der Waals surface area (Å²) in [6.45, 7) is 14.2. The molecular weight excluding hydrogens is 610 g/mol. The summed E-state index contributed by atoms with van der Waals surface area (Å²) in [4.78, 5) is 22.3. The van der Waals surface area contributed by atoms with Crippen molar-refractivity contribution in [3.8, 4) is 11.5 Å². The largest absolute Gasteiger partial charge is 0.507 e. The van der Waals surface area contributed by atoms with Gasteiger partial charge in [0.05, 0.1) is 17.7 Å². The molecule has 0 amide bonds. The molecule has 0 heterocycles. The molecular formula is C42H59N3O4. The zero-order valence-electron chi connectivity index (χ0n) is 30.6. The fraction of sp³-hybridized carbons (Fsp3) is 0.524. The van der Waals surface area contributed by atoms with Crippen LogP contribution in [0.2, 0.25) is 0 Å². The van der Waals surface area contributed by atoms with Crippen LogP contribution in [0.4, 0.5) is 0 Å². The summed E-state index contributed by atoms with van der Waals surface area (Å²) < 4.78 is 6.01. The highest BCUT2D eigenvalue weighted by Crippen LogP contribution is 2.29. The van der Waals surface area contributed by atoms with Crippen molar-refractivity contribution in [2.45, 2.75) is 99.3 Å². The second kappa shape index (κ2) is 20.5. The van der Waals surface area contributed by atoms with Gasteiger partial charge in [0.1, 0.15) is 11.5 Å². The summed E-state index contributed by atoms with van der Waals surface area (Å²) in [6, 6.07) is 13.2. The van der Waals surface area contributed by atoms with Gasteiger partial charge in [-0.15, -0.1) is 0 Å². The number of aromatic hydroxyl groups is 2. The summed E-state index contributed by atoms with van der Waals surface area (Å²) in [5.41, 5.74) is 1.20. The van der Waals surface area contributed by atoms with Gasteiger partial charge in [-0.1, -0.05) is 129 Å². The van der Waals surface area contributed by atoms with Gasteiger partial charge in [0.2, 0.25) is 0 Å². The SMILES string of the molecule is CC(C)CCCC(C)CCC(COC(=O)C1=CC=CC(/C=N/C(=N\C(=N)c2ccccc2O)c2ccccc2O)C1)C(C)CCCC(C)C. The number of nitrogens with one attached hydrogen (secondary N) is 1. The van der Waals surface area contributed by atoms with Crippen LogP contribution in [0.1, 0.15) is 110 Å². The number of rotatable bonds is 18. The predicted molar refractivity (Wildman–Crippen MR) is 203 cm³/mol. The number of hydrogen-bond acceptors (Lipinski definition) is 5. The van der Waals surface area contributed by atoms with E-state index >= 15 is 0 Å². The number of benzene rings is 2. The summed E-state index contributed by atoms with van der Waals surface area (Å²) in [5.74, 6) is 2.28. The molecule has 4 unspecified atom stereocenters. The molecule has 7 heteroatoms. The molecule has 1 aliphatic carbocycles. The van der Waals surface area contributed by atoms with Gasteiger partial charge in [-0.2, -0.15) is 0 Å². The van der Waals surface area contributed by atoms with Crippen molar-refractivity contribution in [2.24, 2.45) is 45.5 Å². The van der Waals surface area contributed by atoms with Crippen LogP contribution in [0.25, 0.3) is 0 Å². The van der Waals surface area contributed by atoms with Gasteiger partial charge in [0, 0.05) is 17.7 Å². The number of hydrogen-bond donors (Lipinski definition) is 3. The van der Waals surface area contributed by atoms with E-state index in [4.69, 9.17) is 10.1 Å². The van der Waals surface area contributed by atoms with Crippen LogP contribution in [-0.4, -0.2) is 40.7 Å². The standard InChI is InChI=1S/C42H59N3O4/c1-29(2)14-11-16-31(5)24-25-35(32(6)17-12-15-30(3)4)28-49-42(48)34-19-13-18-33(26-34)27-44-41(37-21-8-10-23-39(37)47)45-40(43)36-20-7-9-22-38(36)46/h7-10,13,18-23,27,29-33,35,43,46-47H,11-12,14-17,24-26,28H2,1-6H3/b43-40?,44-27+,45-41-. The van der Waals surface area contributed by atoms with Crippen molar-refractivity contribution < 1.29 is 19.7 Å². The lowest BCUT2D eigenvalue weighted by atomic mass is 9.83. The Hall–Kier alpha value is -4.00. The highest BCUT2D eigenvalue weighted by molar-refractivity contribution is 6.14. The maximum Gasteiger partial charge on any atom is 0.334 e. The number of allylic oxidation sites excluding steroid dienone is 3. The first-order valence-electron chi connectivity index (χ1n) is 18.3. The van der Waals surface area contributed by atoms with Gasteiger partial charge in [-0.3, -0.25) is 5.41 Å². The number of carbonyl (C=O) groups excluding carboxylic acids is 1. The van der Waals surface area contributed by atoms with E-state index in [0.29, 0.717) is 47.8 Å². The Morgan fingerprint density at radius 3 is 2.10 bits per heavy atom. The molecule has 1 aliphatic rings. The van der Waals surface area contributed by atoms with Crippen LogP contribution in [0.5, 0.6) is 11.5 Å². The van der Waals surface area contributed by atoms with Crippen molar-refractivity contribution in [1.29, 1.82) is 5.41 Å². The molecule has 2 aromatic rings. The van der Waals surface area contributed by atoms with E-state index in [-0.39, 0.29) is 40.6 Å². The van der Waals surface area contributed by atoms with E-state index in [1.54, 1.807) is 42.6 Å². The fourth-order valence-electron chi connectivity index (χ4n) is 6.19. The summed E-state index contributed by atoms with van der Waals surface area (Å²) >= 11 is 0. The monoisotopic (exact) mass is 669 g/mol. The Morgan fingerprint density at radius 2 is 1.47 bits per heavy atom. The predicted octanol–water partition coefficient (Wildman–Crippen LogP) is 10.3. The van der Waals surface area contributed by atoms with E-state index in [1.807, 2.05) is 18.2 Å². The highest BCUT2D eigenvalue weighted by atomic mass is 16.5. The molecule has 0 radical (unpaired) electrons. The van der Waals surface area contributed by atoms with Crippen LogP contribution in [0, 0.1) is 40.9 Å². The molecule has 0 saturated heterocycles. The number of carbonyl (C=O) groups is 1. The van der Waals surface area contributed by atoms with Crippen molar-refractivity contribution in [1.82, 2.24) is 0 Å². The number of phenols is 2. The van der Waals surface area contributed by atoms with Crippen LogP contribution in [0.15, 0.2) is 82.3 Å². The lowest BCUT2D eigenvalue weighted by Gasteiger charge is -2.26. The van der Waals surface area contributed by atoms with E-state index in [9.17, 15) is 15.0 Å². The average Bonchev–Trinajstić information content (AvgIpc) is 3.06. The van der Waals surface area contributed by atoms with Gasteiger partial charge in [-0.25, -0.2) is 14.8 Å². The summed E-state index contributed by atoms with van der Waals surface area (Å²) in [6.07, 6.45) is 17.3. The lowest BCUT2D eigenvalue weighted by molar-refractivity contribution is -0.141. The quantitative estimate of drug-likeness (QED) is 0.0832. The second-order valence-corrected chi connectivity index (χ2v) is 14.7. The zero-order valence-corrected chi connectivity index (χ0v) is 30.6. The molecule has 0 aromatic heterocycles. The van der Waals surface area contributed by atoms with Gasteiger partial charge >= 0.3 is 5.97 Å². The third-order valence-electron chi connectivity index (χ3n) is 9.47. The Labute approximate surface area is 294 Å². The van der Waals surface area contributed by atoms with Gasteiger partial charge in [0.15, 0.2) is 11.7 Å². The molecule has 3 rings (SSSR count). The number of ether oxygens (including phenoxy) is 1. The Bertz CT molecular complexity index is 1470. The van der Waals surface area contributed by atoms with Crippen LogP contribution >= 0.6 is 0 Å². The Balaban J connectivity index is 1.67. The van der Waals surface area contributed by atoms with Crippen molar-refractivity contribution in [2.75, 3.05) is 6.61 Å². The molecule has 0 fully saturated rings. The first-order valence-corrected chi connectivity index (χ1v) is 18.3. The first kappa shape index (κ1) is 39.4. The fourth-order valence-corrected chi connectivity index (χ4v) is 6.19. The van der Waals surface area contributed by atoms with Crippen LogP contribution < -0.4 is 0 Å². The number of amidine groups is 2. The third kappa shape index (κ3) is 13.8. The van der Waals surface area contributed by atoms with Crippen molar-refractivity contribution >= 4 is 23.9 Å². The number of esters is 1.